The number of hydrogen-bond acceptors (Lipinski definition) is 4. The third kappa shape index (κ3) is 3.24. The second-order valence-electron chi connectivity index (χ2n) is 6.26. The number of aromatic nitrogens is 2. The Balaban J connectivity index is 1.55. The fourth-order valence-electron chi connectivity index (χ4n) is 2.92. The maximum absolute atomic E-state index is 5.84. The zero-order valence-electron chi connectivity index (χ0n) is 14.3. The van der Waals surface area contributed by atoms with Crippen LogP contribution in [0, 0.1) is 6.92 Å². The van der Waals surface area contributed by atoms with Crippen molar-refractivity contribution in [3.05, 3.63) is 78.2 Å². The molecule has 0 aliphatic heterocycles. The Morgan fingerprint density at radius 3 is 2.56 bits per heavy atom. The van der Waals surface area contributed by atoms with Crippen molar-refractivity contribution in [2.24, 2.45) is 0 Å². The minimum atomic E-state index is 0.561. The van der Waals surface area contributed by atoms with E-state index in [2.05, 4.69) is 57.6 Å². The van der Waals surface area contributed by atoms with E-state index in [1.165, 1.54) is 16.3 Å². The van der Waals surface area contributed by atoms with Gasteiger partial charge < -0.3 is 9.32 Å². The molecule has 0 spiro atoms. The van der Waals surface area contributed by atoms with Crippen molar-refractivity contribution < 1.29 is 4.42 Å². The molecule has 3 aromatic carbocycles. The summed E-state index contributed by atoms with van der Waals surface area (Å²) in [6.07, 6.45) is 0. The van der Waals surface area contributed by atoms with Gasteiger partial charge in [0.25, 0.3) is 0 Å². The molecule has 0 N–H and O–H groups in total. The number of fused-ring (bicyclic) bond motifs is 1. The van der Waals surface area contributed by atoms with E-state index < -0.39 is 0 Å². The summed E-state index contributed by atoms with van der Waals surface area (Å²) in [6, 6.07) is 22.8. The van der Waals surface area contributed by atoms with Gasteiger partial charge in [-0.2, -0.15) is 0 Å². The van der Waals surface area contributed by atoms with Crippen molar-refractivity contribution in [2.75, 3.05) is 11.9 Å². The van der Waals surface area contributed by atoms with E-state index in [0.717, 1.165) is 11.3 Å². The standard InChI is InChI=1S/C21H19N3O/c1-15-6-5-9-18(12-15)21-23-22-20(25-21)14-24(2)19-11-10-16-7-3-4-8-17(16)13-19/h3-13H,14H2,1-2H3. The third-order valence-corrected chi connectivity index (χ3v) is 4.28. The van der Waals surface area contributed by atoms with E-state index >= 15 is 0 Å². The van der Waals surface area contributed by atoms with Crippen LogP contribution in [0.2, 0.25) is 0 Å². The highest BCUT2D eigenvalue weighted by Crippen LogP contribution is 2.23. The Kier molecular flexibility index (Phi) is 3.94. The highest BCUT2D eigenvalue weighted by Gasteiger charge is 2.11. The molecule has 0 amide bonds. The molecule has 1 aromatic heterocycles. The zero-order chi connectivity index (χ0) is 17.2. The normalized spacial score (nSPS) is 11.0. The van der Waals surface area contributed by atoms with Crippen LogP contribution in [0.3, 0.4) is 0 Å². The Morgan fingerprint density at radius 1 is 0.880 bits per heavy atom. The predicted molar refractivity (Wildman–Crippen MR) is 101 cm³/mol. The highest BCUT2D eigenvalue weighted by atomic mass is 16.4. The molecular formula is C21H19N3O. The molecule has 4 aromatic rings. The first-order chi connectivity index (χ1) is 12.2. The van der Waals surface area contributed by atoms with Gasteiger partial charge in [-0.25, -0.2) is 0 Å². The molecule has 0 atom stereocenters. The third-order valence-electron chi connectivity index (χ3n) is 4.28. The molecule has 0 radical (unpaired) electrons. The molecule has 0 saturated carbocycles. The van der Waals surface area contributed by atoms with Gasteiger partial charge in [0, 0.05) is 18.3 Å². The van der Waals surface area contributed by atoms with Crippen molar-refractivity contribution in [2.45, 2.75) is 13.5 Å². The summed E-state index contributed by atoms with van der Waals surface area (Å²) in [5.74, 6) is 1.16. The lowest BCUT2D eigenvalue weighted by atomic mass is 10.1. The first-order valence-corrected chi connectivity index (χ1v) is 8.28. The summed E-state index contributed by atoms with van der Waals surface area (Å²) in [5, 5.41) is 10.8. The van der Waals surface area contributed by atoms with E-state index in [9.17, 15) is 0 Å². The predicted octanol–water partition coefficient (Wildman–Crippen LogP) is 4.83. The largest absolute Gasteiger partial charge is 0.419 e. The molecular weight excluding hydrogens is 310 g/mol. The van der Waals surface area contributed by atoms with Gasteiger partial charge in [-0.15, -0.1) is 10.2 Å². The minimum Gasteiger partial charge on any atom is -0.419 e. The van der Waals surface area contributed by atoms with Crippen LogP contribution < -0.4 is 4.90 Å². The van der Waals surface area contributed by atoms with Crippen LogP contribution in [-0.4, -0.2) is 17.2 Å². The number of benzene rings is 3. The maximum atomic E-state index is 5.84. The number of hydrogen-bond donors (Lipinski definition) is 0. The van der Waals surface area contributed by atoms with Crippen LogP contribution >= 0.6 is 0 Å². The number of aryl methyl sites for hydroxylation is 1. The van der Waals surface area contributed by atoms with Crippen LogP contribution in [0.5, 0.6) is 0 Å². The second-order valence-corrected chi connectivity index (χ2v) is 6.26. The Hall–Kier alpha value is -3.14. The first kappa shape index (κ1) is 15.4. The molecule has 4 nitrogen and oxygen atoms in total. The van der Waals surface area contributed by atoms with E-state index in [0.29, 0.717) is 18.3 Å². The first-order valence-electron chi connectivity index (χ1n) is 8.28. The monoisotopic (exact) mass is 329 g/mol. The molecule has 0 aliphatic rings. The molecule has 0 fully saturated rings. The summed E-state index contributed by atoms with van der Waals surface area (Å²) < 4.78 is 5.84. The summed E-state index contributed by atoms with van der Waals surface area (Å²) >= 11 is 0. The summed E-state index contributed by atoms with van der Waals surface area (Å²) in [4.78, 5) is 2.11. The van der Waals surface area contributed by atoms with Crippen molar-refractivity contribution in [1.29, 1.82) is 0 Å². The van der Waals surface area contributed by atoms with Gasteiger partial charge in [0.05, 0.1) is 6.54 Å². The topological polar surface area (TPSA) is 42.2 Å². The molecule has 0 saturated heterocycles. The molecule has 124 valence electrons. The molecule has 4 heteroatoms. The summed E-state index contributed by atoms with van der Waals surface area (Å²) in [5.41, 5.74) is 3.24. The molecule has 25 heavy (non-hydrogen) atoms. The SMILES string of the molecule is Cc1cccc(-c2nnc(CN(C)c3ccc4ccccc4c3)o2)c1. The van der Waals surface area contributed by atoms with Crippen molar-refractivity contribution in [3.63, 3.8) is 0 Å². The van der Waals surface area contributed by atoms with Gasteiger partial charge in [-0.05, 0) is 42.0 Å². The van der Waals surface area contributed by atoms with Crippen molar-refractivity contribution in [1.82, 2.24) is 10.2 Å². The average molecular weight is 329 g/mol. The lowest BCUT2D eigenvalue weighted by Crippen LogP contribution is -2.16. The van der Waals surface area contributed by atoms with Gasteiger partial charge in [0.1, 0.15) is 0 Å². The lowest BCUT2D eigenvalue weighted by Gasteiger charge is -2.17. The van der Waals surface area contributed by atoms with E-state index in [1.54, 1.807) is 0 Å². The average Bonchev–Trinajstić information content (AvgIpc) is 3.10. The smallest absolute Gasteiger partial charge is 0.247 e. The zero-order valence-corrected chi connectivity index (χ0v) is 14.3. The van der Waals surface area contributed by atoms with E-state index in [4.69, 9.17) is 4.42 Å². The van der Waals surface area contributed by atoms with Crippen LogP contribution in [0.1, 0.15) is 11.5 Å². The molecule has 1 heterocycles. The van der Waals surface area contributed by atoms with Gasteiger partial charge >= 0.3 is 0 Å². The van der Waals surface area contributed by atoms with Crippen molar-refractivity contribution >= 4 is 16.5 Å². The number of rotatable bonds is 4. The van der Waals surface area contributed by atoms with Gasteiger partial charge in [-0.3, -0.25) is 0 Å². The molecule has 0 bridgehead atoms. The maximum Gasteiger partial charge on any atom is 0.247 e. The quantitative estimate of drug-likeness (QED) is 0.537. The van der Waals surface area contributed by atoms with Gasteiger partial charge in [0.2, 0.25) is 11.8 Å². The van der Waals surface area contributed by atoms with Crippen LogP contribution in [0.4, 0.5) is 5.69 Å². The second kappa shape index (κ2) is 6.40. The van der Waals surface area contributed by atoms with Gasteiger partial charge in [0.15, 0.2) is 0 Å². The Morgan fingerprint density at radius 2 is 1.72 bits per heavy atom. The van der Waals surface area contributed by atoms with Crippen LogP contribution in [-0.2, 0) is 6.54 Å². The molecule has 0 unspecified atom stereocenters. The Labute approximate surface area is 146 Å². The minimum absolute atomic E-state index is 0.561. The van der Waals surface area contributed by atoms with Crippen LogP contribution in [0.15, 0.2) is 71.1 Å². The fraction of sp³-hybridized carbons (Fsp3) is 0.143. The van der Waals surface area contributed by atoms with Crippen molar-refractivity contribution in [3.8, 4) is 11.5 Å². The highest BCUT2D eigenvalue weighted by molar-refractivity contribution is 5.85. The van der Waals surface area contributed by atoms with E-state index in [-0.39, 0.29) is 0 Å². The molecule has 0 aliphatic carbocycles. The summed E-state index contributed by atoms with van der Waals surface area (Å²) in [7, 11) is 2.03. The fourth-order valence-corrected chi connectivity index (χ4v) is 2.92. The van der Waals surface area contributed by atoms with E-state index in [1.807, 2.05) is 38.2 Å². The summed E-state index contributed by atoms with van der Waals surface area (Å²) in [6.45, 7) is 2.62. The van der Waals surface area contributed by atoms with Crippen LogP contribution in [0.25, 0.3) is 22.2 Å². The Bertz CT molecular complexity index is 1020. The number of nitrogens with zero attached hydrogens (tertiary/aromatic N) is 3. The number of anilines is 1. The lowest BCUT2D eigenvalue weighted by molar-refractivity contribution is 0.503. The van der Waals surface area contributed by atoms with Gasteiger partial charge in [-0.1, -0.05) is 48.0 Å². The molecule has 4 rings (SSSR count).